The number of hydrogen-bond acceptors (Lipinski definition) is 4. The summed E-state index contributed by atoms with van der Waals surface area (Å²) in [6, 6.07) is 4.60. The summed E-state index contributed by atoms with van der Waals surface area (Å²) in [5.74, 6) is -0.802. The largest absolute Gasteiger partial charge is 0.507 e. The molecule has 3 N–H and O–H groups in total. The number of aromatic hydroxyl groups is 1. The van der Waals surface area contributed by atoms with Gasteiger partial charge in [-0.1, -0.05) is 6.07 Å². The zero-order chi connectivity index (χ0) is 11.5. The summed E-state index contributed by atoms with van der Waals surface area (Å²) in [6.45, 7) is 0. The highest BCUT2D eigenvalue weighted by Gasteiger charge is 2.09. The molecule has 80 valence electrons. The molecule has 0 radical (unpaired) electrons. The van der Waals surface area contributed by atoms with E-state index in [0.29, 0.717) is 0 Å². The molecule has 5 nitrogen and oxygen atoms in total. The average Bonchev–Trinajstić information content (AvgIpc) is 2.30. The zero-order valence-electron chi connectivity index (χ0n) is 8.29. The zero-order valence-corrected chi connectivity index (χ0v) is 8.29. The Kier molecular flexibility index (Phi) is 2.51. The smallest absolute Gasteiger partial charge is 0.252 e. The molecule has 2 rings (SSSR count). The number of primary amides is 1. The Bertz CT molecular complexity index is 526. The van der Waals surface area contributed by atoms with Crippen LogP contribution in [0.5, 0.6) is 5.75 Å². The van der Waals surface area contributed by atoms with Crippen LogP contribution in [0.3, 0.4) is 0 Å². The predicted octanol–water partition coefficient (Wildman–Crippen LogP) is 0.948. The molecule has 1 aromatic carbocycles. The van der Waals surface area contributed by atoms with Crippen LogP contribution in [0.4, 0.5) is 0 Å². The van der Waals surface area contributed by atoms with Crippen molar-refractivity contribution in [3.8, 4) is 16.9 Å². The minimum Gasteiger partial charge on any atom is -0.507 e. The van der Waals surface area contributed by atoms with Gasteiger partial charge in [-0.25, -0.2) is 9.97 Å². The minimum absolute atomic E-state index is 0.0846. The summed E-state index contributed by atoms with van der Waals surface area (Å²) in [7, 11) is 0. The van der Waals surface area contributed by atoms with Crippen molar-refractivity contribution in [2.24, 2.45) is 5.73 Å². The lowest BCUT2D eigenvalue weighted by Crippen LogP contribution is -2.11. The number of phenols is 1. The molecule has 0 aliphatic carbocycles. The van der Waals surface area contributed by atoms with Crippen LogP contribution >= 0.6 is 0 Å². The van der Waals surface area contributed by atoms with E-state index in [1.54, 1.807) is 18.5 Å². The fraction of sp³-hybridized carbons (Fsp3) is 0. The number of hydrogen-bond donors (Lipinski definition) is 2. The van der Waals surface area contributed by atoms with E-state index < -0.39 is 5.91 Å². The van der Waals surface area contributed by atoms with Crippen LogP contribution < -0.4 is 5.73 Å². The maximum absolute atomic E-state index is 11.0. The number of carbonyl (C=O) groups is 1. The van der Waals surface area contributed by atoms with Crippen LogP contribution in [0.2, 0.25) is 0 Å². The van der Waals surface area contributed by atoms with Crippen LogP contribution in [0.1, 0.15) is 10.4 Å². The fourth-order valence-corrected chi connectivity index (χ4v) is 1.36. The topological polar surface area (TPSA) is 89.1 Å². The van der Waals surface area contributed by atoms with Crippen LogP contribution in [0, 0.1) is 0 Å². The van der Waals surface area contributed by atoms with E-state index in [2.05, 4.69) is 9.97 Å². The SMILES string of the molecule is NC(=O)c1cc(-c2cncnc2)ccc1O. The summed E-state index contributed by atoms with van der Waals surface area (Å²) < 4.78 is 0. The third-order valence-electron chi connectivity index (χ3n) is 2.16. The third kappa shape index (κ3) is 1.83. The summed E-state index contributed by atoms with van der Waals surface area (Å²) in [5, 5.41) is 9.42. The third-order valence-corrected chi connectivity index (χ3v) is 2.16. The van der Waals surface area contributed by atoms with Crippen molar-refractivity contribution in [1.29, 1.82) is 0 Å². The molecule has 0 spiro atoms. The number of rotatable bonds is 2. The molecule has 0 fully saturated rings. The van der Waals surface area contributed by atoms with Crippen molar-refractivity contribution in [1.82, 2.24) is 9.97 Å². The van der Waals surface area contributed by atoms with E-state index in [-0.39, 0.29) is 11.3 Å². The van der Waals surface area contributed by atoms with Crippen molar-refractivity contribution in [3.05, 3.63) is 42.5 Å². The van der Waals surface area contributed by atoms with Crippen molar-refractivity contribution in [3.63, 3.8) is 0 Å². The molecule has 5 heteroatoms. The van der Waals surface area contributed by atoms with Crippen LogP contribution in [-0.2, 0) is 0 Å². The van der Waals surface area contributed by atoms with E-state index in [9.17, 15) is 9.90 Å². The number of benzene rings is 1. The first kappa shape index (κ1) is 10.1. The van der Waals surface area contributed by atoms with Gasteiger partial charge in [0, 0.05) is 18.0 Å². The van der Waals surface area contributed by atoms with Crippen LogP contribution in [-0.4, -0.2) is 21.0 Å². The maximum atomic E-state index is 11.0. The fourth-order valence-electron chi connectivity index (χ4n) is 1.36. The van der Waals surface area contributed by atoms with Gasteiger partial charge in [-0.15, -0.1) is 0 Å². The number of aromatic nitrogens is 2. The highest BCUT2D eigenvalue weighted by molar-refractivity contribution is 5.96. The van der Waals surface area contributed by atoms with Gasteiger partial charge < -0.3 is 10.8 Å². The van der Waals surface area contributed by atoms with Gasteiger partial charge in [-0.05, 0) is 17.7 Å². The highest BCUT2D eigenvalue weighted by atomic mass is 16.3. The number of nitrogens with zero attached hydrogens (tertiary/aromatic N) is 2. The molecule has 0 saturated heterocycles. The summed E-state index contributed by atoms with van der Waals surface area (Å²) in [5.41, 5.74) is 6.70. The first-order valence-electron chi connectivity index (χ1n) is 4.56. The van der Waals surface area contributed by atoms with Crippen molar-refractivity contribution >= 4 is 5.91 Å². The highest BCUT2D eigenvalue weighted by Crippen LogP contribution is 2.24. The van der Waals surface area contributed by atoms with Crippen molar-refractivity contribution in [2.75, 3.05) is 0 Å². The van der Waals surface area contributed by atoms with Gasteiger partial charge in [0.25, 0.3) is 5.91 Å². The Labute approximate surface area is 91.6 Å². The maximum Gasteiger partial charge on any atom is 0.252 e. The number of nitrogens with two attached hydrogens (primary N) is 1. The van der Waals surface area contributed by atoms with E-state index in [1.165, 1.54) is 18.5 Å². The molecule has 0 bridgehead atoms. The second kappa shape index (κ2) is 3.98. The number of amides is 1. The molecular weight excluding hydrogens is 206 g/mol. The Morgan fingerprint density at radius 2 is 1.88 bits per heavy atom. The second-order valence-electron chi connectivity index (χ2n) is 3.22. The first-order valence-corrected chi connectivity index (χ1v) is 4.56. The Morgan fingerprint density at radius 1 is 1.19 bits per heavy atom. The molecule has 0 unspecified atom stereocenters. The molecule has 1 heterocycles. The summed E-state index contributed by atoms with van der Waals surface area (Å²) in [4.78, 5) is 18.8. The molecule has 1 aromatic heterocycles. The normalized spacial score (nSPS) is 10.0. The van der Waals surface area contributed by atoms with Gasteiger partial charge in [0.2, 0.25) is 0 Å². The average molecular weight is 215 g/mol. The molecule has 0 aliphatic rings. The van der Waals surface area contributed by atoms with Crippen molar-refractivity contribution in [2.45, 2.75) is 0 Å². The van der Waals surface area contributed by atoms with Crippen LogP contribution in [0.25, 0.3) is 11.1 Å². The Morgan fingerprint density at radius 3 is 2.50 bits per heavy atom. The first-order chi connectivity index (χ1) is 7.68. The van der Waals surface area contributed by atoms with Gasteiger partial charge in [-0.2, -0.15) is 0 Å². The number of carbonyl (C=O) groups excluding carboxylic acids is 1. The molecule has 2 aromatic rings. The van der Waals surface area contributed by atoms with Crippen LogP contribution in [0.15, 0.2) is 36.9 Å². The lowest BCUT2D eigenvalue weighted by Gasteiger charge is -2.04. The molecule has 1 amide bonds. The van der Waals surface area contributed by atoms with E-state index in [0.717, 1.165) is 11.1 Å². The Balaban J connectivity index is 2.52. The van der Waals surface area contributed by atoms with Gasteiger partial charge in [-0.3, -0.25) is 4.79 Å². The second-order valence-corrected chi connectivity index (χ2v) is 3.22. The van der Waals surface area contributed by atoms with E-state index >= 15 is 0 Å². The quantitative estimate of drug-likeness (QED) is 0.780. The van der Waals surface area contributed by atoms with Gasteiger partial charge in [0.05, 0.1) is 5.56 Å². The van der Waals surface area contributed by atoms with Gasteiger partial charge in [0.1, 0.15) is 12.1 Å². The molecular formula is C11H9N3O2. The van der Waals surface area contributed by atoms with E-state index in [1.807, 2.05) is 0 Å². The summed E-state index contributed by atoms with van der Waals surface area (Å²) in [6.07, 6.45) is 4.65. The lowest BCUT2D eigenvalue weighted by atomic mass is 10.0. The lowest BCUT2D eigenvalue weighted by molar-refractivity contribution is 0.0998. The standard InChI is InChI=1S/C11H9N3O2/c12-11(16)9-3-7(1-2-10(9)15)8-4-13-6-14-5-8/h1-6,15H,(H2,12,16). The minimum atomic E-state index is -0.670. The van der Waals surface area contributed by atoms with Gasteiger partial charge >= 0.3 is 0 Å². The molecule has 16 heavy (non-hydrogen) atoms. The predicted molar refractivity (Wildman–Crippen MR) is 57.7 cm³/mol. The monoisotopic (exact) mass is 215 g/mol. The Hall–Kier alpha value is -2.43. The molecule has 0 saturated carbocycles. The molecule has 0 atom stereocenters. The molecule has 0 aliphatic heterocycles. The summed E-state index contributed by atoms with van der Waals surface area (Å²) >= 11 is 0. The van der Waals surface area contributed by atoms with Gasteiger partial charge in [0.15, 0.2) is 0 Å². The van der Waals surface area contributed by atoms with E-state index in [4.69, 9.17) is 5.73 Å². The van der Waals surface area contributed by atoms with Crippen molar-refractivity contribution < 1.29 is 9.90 Å².